The van der Waals surface area contributed by atoms with E-state index < -0.39 is 17.9 Å². The fraction of sp³-hybridized carbons (Fsp3) is 0.318. The minimum absolute atomic E-state index is 0.197. The van der Waals surface area contributed by atoms with Gasteiger partial charge in [-0.2, -0.15) is 0 Å². The summed E-state index contributed by atoms with van der Waals surface area (Å²) in [6.07, 6.45) is 8.17. The van der Waals surface area contributed by atoms with Crippen molar-refractivity contribution in [3.8, 4) is 0 Å². The fourth-order valence-electron chi connectivity index (χ4n) is 2.68. The number of allylic oxidation sites excluding steroid dienone is 2. The first kappa shape index (κ1) is 24.6. The number of benzene rings is 1. The third kappa shape index (κ3) is 9.70. The Labute approximate surface area is 176 Å². The van der Waals surface area contributed by atoms with Gasteiger partial charge in [-0.15, -0.1) is 0 Å². The molecular formula is C22H30N4O4. The lowest BCUT2D eigenvalue weighted by Gasteiger charge is -2.19. The fourth-order valence-corrected chi connectivity index (χ4v) is 2.68. The van der Waals surface area contributed by atoms with Crippen molar-refractivity contribution in [1.82, 2.24) is 16.1 Å². The maximum absolute atomic E-state index is 12.7. The van der Waals surface area contributed by atoms with Crippen LogP contribution in [0.5, 0.6) is 0 Å². The Morgan fingerprint density at radius 1 is 1.13 bits per heavy atom. The highest BCUT2D eigenvalue weighted by Gasteiger charge is 2.21. The molecule has 8 heteroatoms. The Bertz CT molecular complexity index is 760. The van der Waals surface area contributed by atoms with E-state index in [9.17, 15) is 14.4 Å². The Morgan fingerprint density at radius 2 is 1.87 bits per heavy atom. The molecule has 30 heavy (non-hydrogen) atoms. The second-order valence-electron chi connectivity index (χ2n) is 6.57. The summed E-state index contributed by atoms with van der Waals surface area (Å²) in [5.41, 5.74) is 8.13. The molecule has 0 aromatic heterocycles. The molecule has 0 aliphatic heterocycles. The van der Waals surface area contributed by atoms with E-state index in [0.717, 1.165) is 5.56 Å². The number of hydrogen-bond acceptors (Lipinski definition) is 5. The van der Waals surface area contributed by atoms with Gasteiger partial charge in [-0.25, -0.2) is 5.48 Å². The summed E-state index contributed by atoms with van der Waals surface area (Å²) < 4.78 is 0. The first-order valence-electron chi connectivity index (χ1n) is 9.78. The van der Waals surface area contributed by atoms with E-state index in [0.29, 0.717) is 32.2 Å². The molecule has 0 aliphatic rings. The molecule has 8 nitrogen and oxygen atoms in total. The number of unbranched alkanes of at least 4 members (excludes halogenated alkanes) is 2. The molecule has 0 saturated carbocycles. The third-order valence-corrected chi connectivity index (χ3v) is 4.32. The van der Waals surface area contributed by atoms with Crippen LogP contribution in [-0.2, 0) is 20.9 Å². The standard InChI is InChI=1S/C22H30N4O4/c1-2-18(12-9-15-23)21(28)25-19(13-7-4-8-14-20(27)26-30)22(29)24-16-17-10-5-3-6-11-17/h2-3,5-6,9-12,15,19,30H,1,4,7-8,13-14,16,23H2,(H,24,29)(H,25,28)(H,26,27)/b15-9-,18-12+/t19-/m0/s1. The predicted octanol–water partition coefficient (Wildman–Crippen LogP) is 1.83. The van der Waals surface area contributed by atoms with Crippen LogP contribution in [0.3, 0.4) is 0 Å². The lowest BCUT2D eigenvalue weighted by atomic mass is 10.0. The quantitative estimate of drug-likeness (QED) is 0.110. The number of nitrogens with one attached hydrogen (secondary N) is 3. The molecule has 3 amide bonds. The third-order valence-electron chi connectivity index (χ3n) is 4.32. The largest absolute Gasteiger partial charge is 0.405 e. The molecule has 0 aliphatic carbocycles. The number of amides is 3. The van der Waals surface area contributed by atoms with Gasteiger partial charge in [0, 0.05) is 18.5 Å². The SMILES string of the molecule is C=C/C(=C\C=C/N)C(=O)N[C@@H](CCCCCC(=O)NO)C(=O)NCc1ccccc1. The highest BCUT2D eigenvalue weighted by molar-refractivity contribution is 5.99. The number of hydrogen-bond donors (Lipinski definition) is 5. The summed E-state index contributed by atoms with van der Waals surface area (Å²) in [5, 5.41) is 14.1. The van der Waals surface area contributed by atoms with Crippen molar-refractivity contribution in [2.45, 2.75) is 44.7 Å². The van der Waals surface area contributed by atoms with Gasteiger partial charge in [-0.05, 0) is 36.8 Å². The Morgan fingerprint density at radius 3 is 2.50 bits per heavy atom. The second-order valence-corrected chi connectivity index (χ2v) is 6.57. The van der Waals surface area contributed by atoms with Crippen LogP contribution in [0.1, 0.15) is 37.7 Å². The van der Waals surface area contributed by atoms with Gasteiger partial charge >= 0.3 is 0 Å². The molecule has 0 radical (unpaired) electrons. The summed E-state index contributed by atoms with van der Waals surface area (Å²) in [5.74, 6) is -1.17. The van der Waals surface area contributed by atoms with Crippen molar-refractivity contribution in [2.75, 3.05) is 0 Å². The smallest absolute Gasteiger partial charge is 0.251 e. The first-order chi connectivity index (χ1) is 14.5. The van der Waals surface area contributed by atoms with Gasteiger partial charge < -0.3 is 16.4 Å². The maximum Gasteiger partial charge on any atom is 0.251 e. The van der Waals surface area contributed by atoms with Crippen molar-refractivity contribution >= 4 is 17.7 Å². The normalized spacial score (nSPS) is 12.2. The monoisotopic (exact) mass is 414 g/mol. The molecule has 0 saturated heterocycles. The van der Waals surface area contributed by atoms with Crippen LogP contribution >= 0.6 is 0 Å². The molecule has 1 rings (SSSR count). The second kappa shape index (κ2) is 14.6. The summed E-state index contributed by atoms with van der Waals surface area (Å²) in [7, 11) is 0. The number of rotatable bonds is 13. The van der Waals surface area contributed by atoms with E-state index in [1.807, 2.05) is 30.3 Å². The van der Waals surface area contributed by atoms with Crippen LogP contribution in [0.15, 0.2) is 66.9 Å². The van der Waals surface area contributed by atoms with Crippen molar-refractivity contribution in [1.29, 1.82) is 0 Å². The number of carbonyl (C=O) groups is 3. The van der Waals surface area contributed by atoms with E-state index in [1.54, 1.807) is 5.48 Å². The van der Waals surface area contributed by atoms with Gasteiger partial charge in [0.1, 0.15) is 6.04 Å². The summed E-state index contributed by atoms with van der Waals surface area (Å²) in [6.45, 7) is 3.96. The predicted molar refractivity (Wildman–Crippen MR) is 115 cm³/mol. The number of nitrogens with two attached hydrogens (primary N) is 1. The summed E-state index contributed by atoms with van der Waals surface area (Å²) in [6, 6.07) is 8.73. The zero-order valence-corrected chi connectivity index (χ0v) is 17.0. The van der Waals surface area contributed by atoms with E-state index in [1.165, 1.54) is 24.4 Å². The Balaban J connectivity index is 2.71. The topological polar surface area (TPSA) is 134 Å². The van der Waals surface area contributed by atoms with E-state index in [2.05, 4.69) is 17.2 Å². The average Bonchev–Trinajstić information content (AvgIpc) is 2.77. The molecule has 0 bridgehead atoms. The van der Waals surface area contributed by atoms with Gasteiger partial charge in [-0.3, -0.25) is 19.6 Å². The van der Waals surface area contributed by atoms with Crippen LogP contribution in [0.25, 0.3) is 0 Å². The molecule has 1 aromatic rings. The number of carbonyl (C=O) groups excluding carboxylic acids is 3. The van der Waals surface area contributed by atoms with Gasteiger partial charge in [0.25, 0.3) is 5.91 Å². The van der Waals surface area contributed by atoms with Crippen LogP contribution in [0, 0.1) is 0 Å². The van der Waals surface area contributed by atoms with Gasteiger partial charge in [-0.1, -0.05) is 55.8 Å². The zero-order valence-electron chi connectivity index (χ0n) is 17.0. The van der Waals surface area contributed by atoms with E-state index in [-0.39, 0.29) is 17.9 Å². The maximum atomic E-state index is 12.7. The molecule has 1 atom stereocenters. The molecule has 162 valence electrons. The van der Waals surface area contributed by atoms with Crippen LogP contribution in [-0.4, -0.2) is 29.0 Å². The first-order valence-corrected chi connectivity index (χ1v) is 9.78. The molecule has 0 spiro atoms. The summed E-state index contributed by atoms with van der Waals surface area (Å²) >= 11 is 0. The molecular weight excluding hydrogens is 384 g/mol. The lowest BCUT2D eigenvalue weighted by Crippen LogP contribution is -2.46. The van der Waals surface area contributed by atoms with Crippen LogP contribution in [0.2, 0.25) is 0 Å². The zero-order chi connectivity index (χ0) is 22.2. The average molecular weight is 415 g/mol. The molecule has 0 fully saturated rings. The molecule has 0 heterocycles. The molecule has 6 N–H and O–H groups in total. The van der Waals surface area contributed by atoms with Gasteiger partial charge in [0.2, 0.25) is 11.8 Å². The van der Waals surface area contributed by atoms with Crippen molar-refractivity contribution < 1.29 is 19.6 Å². The summed E-state index contributed by atoms with van der Waals surface area (Å²) in [4.78, 5) is 36.3. The van der Waals surface area contributed by atoms with Crippen molar-refractivity contribution in [3.63, 3.8) is 0 Å². The van der Waals surface area contributed by atoms with E-state index >= 15 is 0 Å². The van der Waals surface area contributed by atoms with E-state index in [4.69, 9.17) is 10.9 Å². The van der Waals surface area contributed by atoms with Gasteiger partial charge in [0.05, 0.1) is 0 Å². The molecule has 0 unspecified atom stereocenters. The van der Waals surface area contributed by atoms with Crippen LogP contribution < -0.4 is 21.8 Å². The minimum atomic E-state index is -0.738. The van der Waals surface area contributed by atoms with Crippen molar-refractivity contribution in [2.24, 2.45) is 5.73 Å². The number of hydroxylamine groups is 1. The molecule has 1 aromatic carbocycles. The van der Waals surface area contributed by atoms with Gasteiger partial charge in [0.15, 0.2) is 0 Å². The Kier molecular flexibility index (Phi) is 12.0. The lowest BCUT2D eigenvalue weighted by molar-refractivity contribution is -0.129. The minimum Gasteiger partial charge on any atom is -0.405 e. The van der Waals surface area contributed by atoms with Crippen LogP contribution in [0.4, 0.5) is 0 Å². The van der Waals surface area contributed by atoms with Crippen molar-refractivity contribution in [3.05, 3.63) is 72.5 Å². The Hall–Kier alpha value is -3.39. The highest BCUT2D eigenvalue weighted by atomic mass is 16.5. The highest BCUT2D eigenvalue weighted by Crippen LogP contribution is 2.08.